The first-order chi connectivity index (χ1) is 16.6. The number of nitrogens with one attached hydrogen (secondary N) is 2. The van der Waals surface area contributed by atoms with Gasteiger partial charge in [0.25, 0.3) is 11.8 Å². The molecule has 1 fully saturated rings. The molecule has 1 aliphatic rings. The lowest BCUT2D eigenvalue weighted by atomic mass is 10.2. The number of carbonyl (C=O) groups excluding carboxylic acids is 2. The number of pyridine rings is 2. The standard InChI is InChI=1S/C24H28N8O2/c1-3-31(4-2)24(34)19-6-5-17(15-28-19)22-27-10-7-18(29-22)23(33)30-20-16-26-9-8-21(20)32-13-11-25-12-14-32/h5-10,15-16,25H,3-4,11-14H2,1-2H3,(H,30,33). The van der Waals surface area contributed by atoms with Crippen LogP contribution < -0.4 is 15.5 Å². The van der Waals surface area contributed by atoms with Gasteiger partial charge in [0.2, 0.25) is 0 Å². The van der Waals surface area contributed by atoms with Gasteiger partial charge in [-0.05, 0) is 38.1 Å². The Morgan fingerprint density at radius 1 is 1.00 bits per heavy atom. The van der Waals surface area contributed by atoms with Crippen molar-refractivity contribution in [2.75, 3.05) is 49.5 Å². The van der Waals surface area contributed by atoms with Crippen molar-refractivity contribution < 1.29 is 9.59 Å². The second kappa shape index (κ2) is 10.8. The average Bonchev–Trinajstić information content (AvgIpc) is 2.90. The van der Waals surface area contributed by atoms with Crippen molar-refractivity contribution in [1.82, 2.24) is 30.2 Å². The first-order valence-electron chi connectivity index (χ1n) is 11.4. The van der Waals surface area contributed by atoms with E-state index in [4.69, 9.17) is 0 Å². The Labute approximate surface area is 198 Å². The van der Waals surface area contributed by atoms with Crippen LogP contribution in [0.4, 0.5) is 11.4 Å². The highest BCUT2D eigenvalue weighted by Gasteiger charge is 2.18. The van der Waals surface area contributed by atoms with E-state index in [0.29, 0.717) is 35.9 Å². The molecular weight excluding hydrogens is 432 g/mol. The number of nitrogens with zero attached hydrogens (tertiary/aromatic N) is 6. The number of anilines is 2. The highest BCUT2D eigenvalue weighted by Crippen LogP contribution is 2.25. The summed E-state index contributed by atoms with van der Waals surface area (Å²) in [6.07, 6.45) is 6.45. The van der Waals surface area contributed by atoms with Crippen LogP contribution in [0.5, 0.6) is 0 Å². The summed E-state index contributed by atoms with van der Waals surface area (Å²) in [5.41, 5.74) is 2.77. The monoisotopic (exact) mass is 460 g/mol. The Kier molecular flexibility index (Phi) is 7.38. The summed E-state index contributed by atoms with van der Waals surface area (Å²) < 4.78 is 0. The summed E-state index contributed by atoms with van der Waals surface area (Å²) in [6, 6.07) is 6.86. The predicted molar refractivity (Wildman–Crippen MR) is 130 cm³/mol. The van der Waals surface area contributed by atoms with Crippen molar-refractivity contribution in [3.05, 3.63) is 60.4 Å². The van der Waals surface area contributed by atoms with E-state index < -0.39 is 0 Å². The van der Waals surface area contributed by atoms with Crippen molar-refractivity contribution in [3.8, 4) is 11.4 Å². The van der Waals surface area contributed by atoms with E-state index in [1.165, 1.54) is 6.20 Å². The van der Waals surface area contributed by atoms with Crippen LogP contribution in [-0.2, 0) is 0 Å². The Morgan fingerprint density at radius 2 is 1.79 bits per heavy atom. The van der Waals surface area contributed by atoms with Gasteiger partial charge in [-0.1, -0.05) is 0 Å². The second-order valence-corrected chi connectivity index (χ2v) is 7.76. The van der Waals surface area contributed by atoms with Gasteiger partial charge in [-0.25, -0.2) is 9.97 Å². The molecule has 2 N–H and O–H groups in total. The maximum Gasteiger partial charge on any atom is 0.274 e. The third-order valence-corrected chi connectivity index (χ3v) is 5.68. The molecule has 0 unspecified atom stereocenters. The second-order valence-electron chi connectivity index (χ2n) is 7.76. The molecule has 1 aliphatic heterocycles. The lowest BCUT2D eigenvalue weighted by Crippen LogP contribution is -2.43. The number of aromatic nitrogens is 4. The average molecular weight is 461 g/mol. The zero-order valence-electron chi connectivity index (χ0n) is 19.4. The fraction of sp³-hybridized carbons (Fsp3) is 0.333. The van der Waals surface area contributed by atoms with Gasteiger partial charge in [0.15, 0.2) is 5.82 Å². The summed E-state index contributed by atoms with van der Waals surface area (Å²) in [7, 11) is 0. The van der Waals surface area contributed by atoms with Crippen molar-refractivity contribution >= 4 is 23.2 Å². The normalized spacial score (nSPS) is 13.4. The predicted octanol–water partition coefficient (Wildman–Crippen LogP) is 2.08. The number of hydrogen-bond donors (Lipinski definition) is 2. The molecule has 3 aromatic rings. The summed E-state index contributed by atoms with van der Waals surface area (Å²) in [4.78, 5) is 46.5. The third-order valence-electron chi connectivity index (χ3n) is 5.68. The molecule has 0 radical (unpaired) electrons. The van der Waals surface area contributed by atoms with Crippen molar-refractivity contribution in [3.63, 3.8) is 0 Å². The van der Waals surface area contributed by atoms with Gasteiger partial charge in [0.1, 0.15) is 11.4 Å². The quantitative estimate of drug-likeness (QED) is 0.551. The number of amides is 2. The van der Waals surface area contributed by atoms with Crippen LogP contribution in [0.1, 0.15) is 34.8 Å². The van der Waals surface area contributed by atoms with E-state index in [-0.39, 0.29) is 17.5 Å². The lowest BCUT2D eigenvalue weighted by molar-refractivity contribution is 0.0767. The molecule has 0 atom stereocenters. The Morgan fingerprint density at radius 3 is 2.50 bits per heavy atom. The van der Waals surface area contributed by atoms with Gasteiger partial charge in [-0.15, -0.1) is 0 Å². The molecule has 1 saturated heterocycles. The lowest BCUT2D eigenvalue weighted by Gasteiger charge is -2.30. The zero-order chi connectivity index (χ0) is 23.9. The van der Waals surface area contributed by atoms with Gasteiger partial charge >= 0.3 is 0 Å². The highest BCUT2D eigenvalue weighted by atomic mass is 16.2. The molecule has 0 saturated carbocycles. The maximum atomic E-state index is 13.0. The highest BCUT2D eigenvalue weighted by molar-refractivity contribution is 6.04. The van der Waals surface area contributed by atoms with Crippen LogP contribution in [0.3, 0.4) is 0 Å². The molecule has 0 bridgehead atoms. The fourth-order valence-corrected chi connectivity index (χ4v) is 3.80. The largest absolute Gasteiger partial charge is 0.367 e. The third kappa shape index (κ3) is 5.18. The smallest absolute Gasteiger partial charge is 0.274 e. The van der Waals surface area contributed by atoms with E-state index in [1.807, 2.05) is 19.9 Å². The maximum absolute atomic E-state index is 13.0. The summed E-state index contributed by atoms with van der Waals surface area (Å²) >= 11 is 0. The minimum Gasteiger partial charge on any atom is -0.367 e. The first kappa shape index (κ1) is 23.2. The SMILES string of the molecule is CCN(CC)C(=O)c1ccc(-c2nccc(C(=O)Nc3cnccc3N3CCNCC3)n2)cn1. The molecule has 2 amide bonds. The first-order valence-corrected chi connectivity index (χ1v) is 11.4. The Hall–Kier alpha value is -3.92. The van der Waals surface area contributed by atoms with Crippen molar-refractivity contribution in [1.29, 1.82) is 0 Å². The fourth-order valence-electron chi connectivity index (χ4n) is 3.80. The number of rotatable bonds is 7. The van der Waals surface area contributed by atoms with Crippen LogP contribution in [-0.4, -0.2) is 75.9 Å². The van der Waals surface area contributed by atoms with Gasteiger partial charge in [0.05, 0.1) is 17.6 Å². The van der Waals surface area contributed by atoms with Gasteiger partial charge in [0, 0.05) is 63.4 Å². The summed E-state index contributed by atoms with van der Waals surface area (Å²) in [5.74, 6) is -0.118. The van der Waals surface area contributed by atoms with Gasteiger partial charge in [-0.2, -0.15) is 0 Å². The molecule has 10 heteroatoms. The molecule has 176 valence electrons. The van der Waals surface area contributed by atoms with Crippen LogP contribution >= 0.6 is 0 Å². The number of piperazine rings is 1. The molecule has 34 heavy (non-hydrogen) atoms. The molecular formula is C24H28N8O2. The molecule has 0 spiro atoms. The van der Waals surface area contributed by atoms with Gasteiger partial charge in [-0.3, -0.25) is 19.6 Å². The summed E-state index contributed by atoms with van der Waals surface area (Å²) in [5, 5.41) is 6.26. The topological polar surface area (TPSA) is 116 Å². The summed E-state index contributed by atoms with van der Waals surface area (Å²) in [6.45, 7) is 8.57. The zero-order valence-corrected chi connectivity index (χ0v) is 19.4. The van der Waals surface area contributed by atoms with Crippen molar-refractivity contribution in [2.45, 2.75) is 13.8 Å². The van der Waals surface area contributed by atoms with E-state index in [0.717, 1.165) is 31.9 Å². The Balaban J connectivity index is 1.51. The van der Waals surface area contributed by atoms with E-state index in [9.17, 15) is 9.59 Å². The Bertz CT molecular complexity index is 1140. The van der Waals surface area contributed by atoms with E-state index in [1.54, 1.807) is 41.7 Å². The van der Waals surface area contributed by atoms with E-state index >= 15 is 0 Å². The molecule has 0 aliphatic carbocycles. The molecule has 0 aromatic carbocycles. The van der Waals surface area contributed by atoms with Crippen molar-refractivity contribution in [2.24, 2.45) is 0 Å². The van der Waals surface area contributed by atoms with E-state index in [2.05, 4.69) is 35.5 Å². The minimum absolute atomic E-state index is 0.123. The number of carbonyl (C=O) groups is 2. The minimum atomic E-state index is -0.352. The van der Waals surface area contributed by atoms with Crippen LogP contribution in [0.2, 0.25) is 0 Å². The van der Waals surface area contributed by atoms with Gasteiger partial charge < -0.3 is 20.4 Å². The molecule has 4 rings (SSSR count). The van der Waals surface area contributed by atoms with Crippen LogP contribution in [0, 0.1) is 0 Å². The molecule has 3 aromatic heterocycles. The molecule has 10 nitrogen and oxygen atoms in total. The van der Waals surface area contributed by atoms with Crippen LogP contribution in [0.15, 0.2) is 49.1 Å². The number of hydrogen-bond acceptors (Lipinski definition) is 8. The van der Waals surface area contributed by atoms with Crippen LogP contribution in [0.25, 0.3) is 11.4 Å². The molecule has 4 heterocycles.